The fourth-order valence-corrected chi connectivity index (χ4v) is 3.34. The molecule has 1 aliphatic heterocycles. The molecule has 1 aromatic rings. The smallest absolute Gasteiger partial charge is 0.169 e. The molecular weight excluding hydrogens is 342 g/mol. The highest BCUT2D eigenvalue weighted by molar-refractivity contribution is 6.42. The summed E-state index contributed by atoms with van der Waals surface area (Å²) in [4.78, 5) is 15.7. The van der Waals surface area contributed by atoms with Crippen molar-refractivity contribution in [2.75, 3.05) is 19.6 Å². The van der Waals surface area contributed by atoms with Crippen LogP contribution in [0.3, 0.4) is 0 Å². The third-order valence-corrected chi connectivity index (χ3v) is 5.04. The van der Waals surface area contributed by atoms with Crippen LogP contribution >= 0.6 is 23.2 Å². The Hall–Kier alpha value is -1.33. The normalized spacial score (nSPS) is 16.7. The minimum Gasteiger partial charge on any atom is -0.317 e. The number of carbonyl (C=O) groups is 1. The molecule has 0 amide bonds. The van der Waals surface area contributed by atoms with Gasteiger partial charge in [0.2, 0.25) is 0 Å². The first-order chi connectivity index (χ1) is 11.0. The van der Waals surface area contributed by atoms with Gasteiger partial charge in [-0.3, -0.25) is 4.79 Å². The van der Waals surface area contributed by atoms with Gasteiger partial charge in [-0.25, -0.2) is 4.39 Å². The number of piperidine rings is 1. The quantitative estimate of drug-likeness (QED) is 0.198. The molecule has 8 heteroatoms. The van der Waals surface area contributed by atoms with Crippen molar-refractivity contribution in [2.45, 2.75) is 25.7 Å². The van der Waals surface area contributed by atoms with Gasteiger partial charge in [-0.1, -0.05) is 28.3 Å². The van der Waals surface area contributed by atoms with E-state index >= 15 is 0 Å². The largest absolute Gasteiger partial charge is 0.317 e. The number of Topliss-reactive ketones (excluding diaryl/α,β-unsaturated/α-hetero) is 1. The highest BCUT2D eigenvalue weighted by Crippen LogP contribution is 2.39. The summed E-state index contributed by atoms with van der Waals surface area (Å²) in [6.45, 7) is 1.78. The van der Waals surface area contributed by atoms with Gasteiger partial charge in [0.25, 0.3) is 0 Å². The van der Waals surface area contributed by atoms with Gasteiger partial charge in [-0.2, -0.15) is 0 Å². The third-order valence-electron chi connectivity index (χ3n) is 4.27. The molecule has 23 heavy (non-hydrogen) atoms. The lowest BCUT2D eigenvalue weighted by atomic mass is 9.70. The molecule has 5 nitrogen and oxygen atoms in total. The zero-order chi connectivity index (χ0) is 16.9. The summed E-state index contributed by atoms with van der Waals surface area (Å²) in [5.74, 6) is -0.821. The van der Waals surface area contributed by atoms with Gasteiger partial charge in [-0.15, -0.1) is 0 Å². The summed E-state index contributed by atoms with van der Waals surface area (Å²) in [6, 6.07) is 2.57. The summed E-state index contributed by atoms with van der Waals surface area (Å²) in [5, 5.41) is 6.60. The lowest BCUT2D eigenvalue weighted by molar-refractivity contribution is 0.0702. The van der Waals surface area contributed by atoms with Crippen LogP contribution in [0, 0.1) is 11.2 Å². The standard InChI is InChI=1S/C15H17Cl2FN4O/c16-11-8-10(9-12(18)13(11)17)14(23)15(2-1-5-21-22-19)3-6-20-7-4-15/h8-9,20H,1-7H2. The molecule has 1 aliphatic rings. The molecule has 0 bridgehead atoms. The number of nitrogens with zero attached hydrogens (tertiary/aromatic N) is 3. The molecule has 0 unspecified atom stereocenters. The van der Waals surface area contributed by atoms with Crippen molar-refractivity contribution in [2.24, 2.45) is 10.5 Å². The van der Waals surface area contributed by atoms with Gasteiger partial charge in [-0.05, 0) is 56.4 Å². The number of benzene rings is 1. The number of halogens is 3. The molecule has 0 radical (unpaired) electrons. The first-order valence-electron chi connectivity index (χ1n) is 7.41. The van der Waals surface area contributed by atoms with Gasteiger partial charge < -0.3 is 5.32 Å². The zero-order valence-electron chi connectivity index (χ0n) is 12.5. The van der Waals surface area contributed by atoms with E-state index in [2.05, 4.69) is 15.3 Å². The van der Waals surface area contributed by atoms with Gasteiger partial charge in [0, 0.05) is 22.4 Å². The van der Waals surface area contributed by atoms with Crippen LogP contribution in [0.1, 0.15) is 36.0 Å². The topological polar surface area (TPSA) is 77.9 Å². The fourth-order valence-electron chi connectivity index (χ4n) is 3.02. The molecule has 0 saturated carbocycles. The van der Waals surface area contributed by atoms with Gasteiger partial charge in [0.1, 0.15) is 5.82 Å². The molecule has 0 atom stereocenters. The van der Waals surface area contributed by atoms with Crippen LogP contribution in [0.15, 0.2) is 17.2 Å². The van der Waals surface area contributed by atoms with Crippen molar-refractivity contribution in [3.8, 4) is 0 Å². The number of hydrogen-bond donors (Lipinski definition) is 1. The highest BCUT2D eigenvalue weighted by atomic mass is 35.5. The maximum atomic E-state index is 13.8. The van der Waals surface area contributed by atoms with E-state index < -0.39 is 11.2 Å². The van der Waals surface area contributed by atoms with Gasteiger partial charge >= 0.3 is 0 Å². The van der Waals surface area contributed by atoms with Crippen LogP contribution in [0.2, 0.25) is 10.0 Å². The molecule has 0 aliphatic carbocycles. The number of rotatable bonds is 6. The average Bonchev–Trinajstić information content (AvgIpc) is 2.56. The zero-order valence-corrected chi connectivity index (χ0v) is 14.0. The molecule has 1 fully saturated rings. The summed E-state index contributed by atoms with van der Waals surface area (Å²) >= 11 is 11.6. The molecule has 0 aromatic heterocycles. The van der Waals surface area contributed by atoms with Crippen LogP contribution in [0.25, 0.3) is 10.4 Å². The van der Waals surface area contributed by atoms with Crippen LogP contribution in [-0.2, 0) is 0 Å². The van der Waals surface area contributed by atoms with Crippen molar-refractivity contribution >= 4 is 29.0 Å². The lowest BCUT2D eigenvalue weighted by Gasteiger charge is -2.36. The SMILES string of the molecule is [N-]=[N+]=NCCCC1(C(=O)c2cc(F)c(Cl)c(Cl)c2)CCNCC1. The monoisotopic (exact) mass is 358 g/mol. The Labute approximate surface area is 143 Å². The highest BCUT2D eigenvalue weighted by Gasteiger charge is 2.39. The van der Waals surface area contributed by atoms with Crippen LogP contribution in [0.5, 0.6) is 0 Å². The van der Waals surface area contributed by atoms with E-state index in [1.807, 2.05) is 0 Å². The second-order valence-electron chi connectivity index (χ2n) is 5.67. The van der Waals surface area contributed by atoms with E-state index in [1.165, 1.54) is 6.07 Å². The Bertz CT molecular complexity index is 617. The number of ketones is 1. The third kappa shape index (κ3) is 4.15. The molecule has 124 valence electrons. The average molecular weight is 359 g/mol. The summed E-state index contributed by atoms with van der Waals surface area (Å²) in [7, 11) is 0. The first kappa shape index (κ1) is 18.0. The van der Waals surface area contributed by atoms with Gasteiger partial charge in [0.15, 0.2) is 5.78 Å². The van der Waals surface area contributed by atoms with E-state index in [9.17, 15) is 9.18 Å². The lowest BCUT2D eigenvalue weighted by Crippen LogP contribution is -2.42. The predicted molar refractivity (Wildman–Crippen MR) is 88.5 cm³/mol. The summed E-state index contributed by atoms with van der Waals surface area (Å²) in [5.41, 5.74) is 8.01. The van der Waals surface area contributed by atoms with Crippen LogP contribution in [-0.4, -0.2) is 25.4 Å². The number of azide groups is 1. The van der Waals surface area contributed by atoms with Crippen molar-refractivity contribution < 1.29 is 9.18 Å². The number of hydrogen-bond acceptors (Lipinski definition) is 3. The fraction of sp³-hybridized carbons (Fsp3) is 0.533. The Balaban J connectivity index is 2.27. The Morgan fingerprint density at radius 3 is 2.70 bits per heavy atom. The number of nitrogens with one attached hydrogen (secondary N) is 1. The Kier molecular flexibility index (Phi) is 6.25. The first-order valence-corrected chi connectivity index (χ1v) is 8.17. The second kappa shape index (κ2) is 7.97. The maximum absolute atomic E-state index is 13.8. The maximum Gasteiger partial charge on any atom is 0.169 e. The Morgan fingerprint density at radius 1 is 1.39 bits per heavy atom. The van der Waals surface area contributed by atoms with E-state index in [4.69, 9.17) is 28.7 Å². The predicted octanol–water partition coefficient (Wildman–Crippen LogP) is 4.78. The van der Waals surface area contributed by atoms with Crippen molar-refractivity contribution in [3.05, 3.63) is 44.0 Å². The van der Waals surface area contributed by atoms with E-state index in [0.29, 0.717) is 32.2 Å². The van der Waals surface area contributed by atoms with Crippen molar-refractivity contribution in [3.63, 3.8) is 0 Å². The second-order valence-corrected chi connectivity index (χ2v) is 6.46. The summed E-state index contributed by atoms with van der Waals surface area (Å²) in [6.07, 6.45) is 2.52. The van der Waals surface area contributed by atoms with Crippen molar-refractivity contribution in [1.82, 2.24) is 5.32 Å². The molecule has 1 N–H and O–H groups in total. The van der Waals surface area contributed by atoms with Gasteiger partial charge in [0.05, 0.1) is 10.0 Å². The minimum atomic E-state index is -0.694. The van der Waals surface area contributed by atoms with E-state index in [0.717, 1.165) is 19.2 Å². The molecular formula is C15H17Cl2FN4O. The van der Waals surface area contributed by atoms with E-state index in [1.54, 1.807) is 0 Å². The molecule has 2 rings (SSSR count). The summed E-state index contributed by atoms with van der Waals surface area (Å²) < 4.78 is 13.8. The van der Waals surface area contributed by atoms with Crippen LogP contribution < -0.4 is 5.32 Å². The minimum absolute atomic E-state index is 0.0354. The van der Waals surface area contributed by atoms with Crippen LogP contribution in [0.4, 0.5) is 4.39 Å². The number of carbonyl (C=O) groups excluding carboxylic acids is 1. The van der Waals surface area contributed by atoms with E-state index in [-0.39, 0.29) is 21.4 Å². The molecule has 1 heterocycles. The molecule has 1 saturated heterocycles. The Morgan fingerprint density at radius 2 is 2.09 bits per heavy atom. The molecule has 0 spiro atoms. The van der Waals surface area contributed by atoms with Crippen molar-refractivity contribution in [1.29, 1.82) is 0 Å². The molecule has 1 aromatic carbocycles.